The van der Waals surface area contributed by atoms with Gasteiger partial charge in [0, 0.05) is 13.0 Å². The number of carbonyl (C=O) groups is 1. The van der Waals surface area contributed by atoms with Gasteiger partial charge in [-0.25, -0.2) is 0 Å². The number of phosphoric ester groups is 1. The van der Waals surface area contributed by atoms with Crippen molar-refractivity contribution < 1.29 is 32.5 Å². The molecule has 0 saturated carbocycles. The SMILES string of the molecule is CCCCCC=CCC=CCC=CCC=CCCCC(=O)S[C@H](COCCCCCCCCCCCCCCCC)COP(=O)([O-])OCC[N+](C)(C)C. The summed E-state index contributed by atoms with van der Waals surface area (Å²) in [6, 6.07) is 0. The molecular formula is C44H82NO6PS. The first-order chi connectivity index (χ1) is 25.6. The maximum Gasteiger partial charge on any atom is 0.268 e. The van der Waals surface area contributed by atoms with Crippen LogP contribution in [0.4, 0.5) is 0 Å². The minimum atomic E-state index is -4.47. The monoisotopic (exact) mass is 784 g/mol. The van der Waals surface area contributed by atoms with Crippen molar-refractivity contribution in [3.8, 4) is 0 Å². The lowest BCUT2D eigenvalue weighted by Crippen LogP contribution is -2.37. The van der Waals surface area contributed by atoms with Gasteiger partial charge in [0.05, 0.1) is 39.6 Å². The van der Waals surface area contributed by atoms with E-state index < -0.39 is 13.1 Å². The van der Waals surface area contributed by atoms with Crippen LogP contribution in [0.2, 0.25) is 0 Å². The molecule has 0 radical (unpaired) electrons. The van der Waals surface area contributed by atoms with E-state index in [0.29, 0.717) is 24.1 Å². The summed E-state index contributed by atoms with van der Waals surface area (Å²) in [5.74, 6) is 0. The fraction of sp³-hybridized carbons (Fsp3) is 0.795. The molecule has 9 heteroatoms. The van der Waals surface area contributed by atoms with Crippen LogP contribution in [-0.4, -0.2) is 69.0 Å². The minimum Gasteiger partial charge on any atom is -0.756 e. The highest BCUT2D eigenvalue weighted by Crippen LogP contribution is 2.39. The number of phosphoric acid groups is 1. The highest BCUT2D eigenvalue weighted by molar-refractivity contribution is 8.14. The predicted molar refractivity (Wildman–Crippen MR) is 228 cm³/mol. The fourth-order valence-electron chi connectivity index (χ4n) is 5.54. The van der Waals surface area contributed by atoms with Gasteiger partial charge in [-0.2, -0.15) is 0 Å². The van der Waals surface area contributed by atoms with Gasteiger partial charge < -0.3 is 23.2 Å². The molecule has 310 valence electrons. The summed E-state index contributed by atoms with van der Waals surface area (Å²) >= 11 is 1.14. The first kappa shape index (κ1) is 52.0. The van der Waals surface area contributed by atoms with Crippen molar-refractivity contribution in [2.45, 2.75) is 173 Å². The third-order valence-corrected chi connectivity index (χ3v) is 10.9. The van der Waals surface area contributed by atoms with Gasteiger partial charge >= 0.3 is 0 Å². The maximum atomic E-state index is 12.8. The van der Waals surface area contributed by atoms with Gasteiger partial charge in [-0.15, -0.1) is 0 Å². The molecule has 7 nitrogen and oxygen atoms in total. The molecule has 0 aliphatic heterocycles. The summed E-state index contributed by atoms with van der Waals surface area (Å²) < 4.78 is 29.2. The van der Waals surface area contributed by atoms with Gasteiger partial charge in [-0.05, 0) is 51.4 Å². The Balaban J connectivity index is 4.36. The van der Waals surface area contributed by atoms with Gasteiger partial charge in [0.1, 0.15) is 13.2 Å². The number of hydrogen-bond donors (Lipinski definition) is 0. The second-order valence-corrected chi connectivity index (χ2v) is 18.1. The van der Waals surface area contributed by atoms with Crippen LogP contribution in [0.5, 0.6) is 0 Å². The maximum absolute atomic E-state index is 12.8. The molecule has 0 rings (SSSR count). The number of rotatable bonds is 39. The quantitative estimate of drug-likeness (QED) is 0.0266. The van der Waals surface area contributed by atoms with E-state index in [0.717, 1.165) is 56.7 Å². The Morgan fingerprint density at radius 1 is 0.604 bits per heavy atom. The van der Waals surface area contributed by atoms with E-state index >= 15 is 0 Å². The molecule has 2 atom stereocenters. The standard InChI is InChI=1S/C44H82NO6PS/c1-6-8-10-12-14-16-18-20-22-23-24-25-27-29-31-33-35-37-44(46)53-43(42-51-52(47,48)50-40-38-45(3,4)5)41-49-39-36-34-32-30-28-26-21-19-17-15-13-11-9-7-2/h14,16,20,22,24-25,29,31,43H,6-13,15,17-19,21,23,26-28,30,32-42H2,1-5H3/t43-/m1/s1. The average Bonchev–Trinajstić information content (AvgIpc) is 3.11. The first-order valence-electron chi connectivity index (χ1n) is 21.4. The highest BCUT2D eigenvalue weighted by Gasteiger charge is 2.20. The zero-order valence-electron chi connectivity index (χ0n) is 35.0. The largest absolute Gasteiger partial charge is 0.756 e. The Kier molecular flexibility index (Phi) is 37.2. The minimum absolute atomic E-state index is 0.0289. The number of unbranched alkanes of at least 4 members (excludes halogenated alkanes) is 17. The van der Waals surface area contributed by atoms with E-state index in [4.69, 9.17) is 13.8 Å². The molecule has 0 aliphatic rings. The van der Waals surface area contributed by atoms with Crippen LogP contribution in [-0.2, 0) is 23.1 Å². The number of carbonyl (C=O) groups excluding carboxylic acids is 1. The van der Waals surface area contributed by atoms with Crippen molar-refractivity contribution in [2.75, 3.05) is 54.1 Å². The Bertz CT molecular complexity index is 993. The number of nitrogens with zero attached hydrogens (tertiary/aromatic N) is 1. The summed E-state index contributed by atoms with van der Waals surface area (Å²) in [5, 5.41) is -0.378. The van der Waals surface area contributed by atoms with Crippen molar-refractivity contribution in [2.24, 2.45) is 0 Å². The molecule has 0 aromatic rings. The zero-order chi connectivity index (χ0) is 39.1. The van der Waals surface area contributed by atoms with Crippen LogP contribution in [0.1, 0.15) is 168 Å². The predicted octanol–water partition coefficient (Wildman–Crippen LogP) is 12.5. The molecule has 0 fully saturated rings. The van der Waals surface area contributed by atoms with Crippen LogP contribution >= 0.6 is 19.6 Å². The van der Waals surface area contributed by atoms with Crippen molar-refractivity contribution in [3.63, 3.8) is 0 Å². The van der Waals surface area contributed by atoms with Gasteiger partial charge in [0.15, 0.2) is 5.12 Å². The number of likely N-dealkylation sites (N-methyl/N-ethyl adjacent to an activating group) is 1. The molecule has 0 bridgehead atoms. The molecule has 1 unspecified atom stereocenters. The van der Waals surface area contributed by atoms with E-state index in [1.54, 1.807) is 0 Å². The second kappa shape index (κ2) is 37.9. The Morgan fingerprint density at radius 3 is 1.57 bits per heavy atom. The number of quaternary nitrogens is 1. The Labute approximate surface area is 332 Å². The number of ether oxygens (including phenoxy) is 1. The molecule has 0 spiro atoms. The molecule has 0 heterocycles. The lowest BCUT2D eigenvalue weighted by atomic mass is 10.0. The fourth-order valence-corrected chi connectivity index (χ4v) is 7.32. The van der Waals surface area contributed by atoms with Crippen LogP contribution in [0, 0.1) is 0 Å². The van der Waals surface area contributed by atoms with Gasteiger partial charge in [0.25, 0.3) is 7.82 Å². The second-order valence-electron chi connectivity index (χ2n) is 15.4. The van der Waals surface area contributed by atoms with Crippen LogP contribution < -0.4 is 4.89 Å². The third-order valence-electron chi connectivity index (χ3n) is 8.88. The van der Waals surface area contributed by atoms with Crippen LogP contribution in [0.25, 0.3) is 0 Å². The number of allylic oxidation sites excluding steroid dienone is 8. The molecular weight excluding hydrogens is 702 g/mol. The molecule has 53 heavy (non-hydrogen) atoms. The molecule has 0 N–H and O–H groups in total. The van der Waals surface area contributed by atoms with Crippen LogP contribution in [0.15, 0.2) is 48.6 Å². The van der Waals surface area contributed by atoms with E-state index in [2.05, 4.69) is 62.5 Å². The van der Waals surface area contributed by atoms with Crippen molar-refractivity contribution in [1.29, 1.82) is 0 Å². The van der Waals surface area contributed by atoms with E-state index in [-0.39, 0.29) is 24.9 Å². The Morgan fingerprint density at radius 2 is 1.06 bits per heavy atom. The number of hydrogen-bond acceptors (Lipinski definition) is 7. The van der Waals surface area contributed by atoms with Gasteiger partial charge in [0.2, 0.25) is 0 Å². The Hall–Kier alpha value is -0.990. The lowest BCUT2D eigenvalue weighted by Gasteiger charge is -2.28. The molecule has 0 saturated heterocycles. The number of thioether (sulfide) groups is 1. The summed E-state index contributed by atoms with van der Waals surface area (Å²) in [7, 11) is 1.44. The van der Waals surface area contributed by atoms with Gasteiger partial charge in [-0.1, -0.05) is 171 Å². The lowest BCUT2D eigenvalue weighted by molar-refractivity contribution is -0.870. The summed E-state index contributed by atoms with van der Waals surface area (Å²) in [6.07, 6.45) is 45.7. The van der Waals surface area contributed by atoms with E-state index in [9.17, 15) is 14.3 Å². The summed E-state index contributed by atoms with van der Waals surface area (Å²) in [4.78, 5) is 25.2. The normalized spacial score (nSPS) is 14.4. The van der Waals surface area contributed by atoms with E-state index in [1.807, 2.05) is 21.1 Å². The van der Waals surface area contributed by atoms with Gasteiger partial charge in [-0.3, -0.25) is 9.36 Å². The molecule has 0 amide bonds. The zero-order valence-corrected chi connectivity index (χ0v) is 36.7. The molecule has 0 aliphatic carbocycles. The first-order valence-corrected chi connectivity index (χ1v) is 23.7. The van der Waals surface area contributed by atoms with Crippen molar-refractivity contribution in [3.05, 3.63) is 48.6 Å². The molecule has 0 aromatic carbocycles. The topological polar surface area (TPSA) is 84.9 Å². The average molecular weight is 784 g/mol. The molecule has 0 aromatic heterocycles. The van der Waals surface area contributed by atoms with Crippen molar-refractivity contribution >= 4 is 24.7 Å². The summed E-state index contributed by atoms with van der Waals surface area (Å²) in [5.41, 5.74) is 0. The highest BCUT2D eigenvalue weighted by atomic mass is 32.2. The van der Waals surface area contributed by atoms with Crippen molar-refractivity contribution in [1.82, 2.24) is 0 Å². The third kappa shape index (κ3) is 42.0. The van der Waals surface area contributed by atoms with E-state index in [1.165, 1.54) is 103 Å². The van der Waals surface area contributed by atoms with Crippen LogP contribution in [0.3, 0.4) is 0 Å². The summed E-state index contributed by atoms with van der Waals surface area (Å²) in [6.45, 7) is 5.82. The smallest absolute Gasteiger partial charge is 0.268 e.